The average molecular weight is 229 g/mol. The minimum Gasteiger partial charge on any atom is -0.388 e. The van der Waals surface area contributed by atoms with Gasteiger partial charge < -0.3 is 5.32 Å². The molecule has 0 saturated heterocycles. The quantitative estimate of drug-likeness (QED) is 0.849. The fraction of sp³-hybridized carbons (Fsp3) is 0.357. The third-order valence-corrected chi connectivity index (χ3v) is 3.22. The summed E-state index contributed by atoms with van der Waals surface area (Å²) in [5, 5.41) is 10.6. The van der Waals surface area contributed by atoms with Gasteiger partial charge in [-0.15, -0.1) is 0 Å². The van der Waals surface area contributed by atoms with E-state index in [2.05, 4.69) is 53.6 Å². The summed E-state index contributed by atoms with van der Waals surface area (Å²) < 4.78 is 0. The minimum absolute atomic E-state index is 0.107. The number of para-hydroxylation sites is 1. The van der Waals surface area contributed by atoms with Crippen molar-refractivity contribution in [3.63, 3.8) is 0 Å². The number of nitrogens with one attached hydrogen (secondary N) is 2. The van der Waals surface area contributed by atoms with Gasteiger partial charge in [-0.1, -0.05) is 32.0 Å². The third kappa shape index (κ3) is 2.05. The highest BCUT2D eigenvalue weighted by Crippen LogP contribution is 2.34. The molecule has 0 aliphatic carbocycles. The Morgan fingerprint density at radius 2 is 1.94 bits per heavy atom. The summed E-state index contributed by atoms with van der Waals surface area (Å²) in [6.45, 7) is 6.41. The second-order valence-corrected chi connectivity index (χ2v) is 4.86. The van der Waals surface area contributed by atoms with E-state index in [9.17, 15) is 0 Å². The van der Waals surface area contributed by atoms with Crippen LogP contribution in [0.2, 0.25) is 0 Å². The third-order valence-electron chi connectivity index (χ3n) is 3.22. The van der Waals surface area contributed by atoms with E-state index in [1.165, 1.54) is 5.56 Å². The van der Waals surface area contributed by atoms with Gasteiger partial charge in [0.2, 0.25) is 0 Å². The van der Waals surface area contributed by atoms with Crippen LogP contribution in [-0.4, -0.2) is 17.2 Å². The first kappa shape index (κ1) is 11.7. The van der Waals surface area contributed by atoms with Gasteiger partial charge in [0.25, 0.3) is 0 Å². The molecule has 0 amide bonds. The summed E-state index contributed by atoms with van der Waals surface area (Å²) in [4.78, 5) is 0. The molecule has 0 aliphatic heterocycles. The van der Waals surface area contributed by atoms with Crippen molar-refractivity contribution in [1.29, 1.82) is 0 Å². The average Bonchev–Trinajstić information content (AvgIpc) is 2.76. The van der Waals surface area contributed by atoms with E-state index in [0.717, 1.165) is 17.1 Å². The predicted octanol–water partition coefficient (Wildman–Crippen LogP) is 3.09. The first-order valence-electron chi connectivity index (χ1n) is 5.85. The van der Waals surface area contributed by atoms with Gasteiger partial charge in [-0.25, -0.2) is 0 Å². The van der Waals surface area contributed by atoms with E-state index in [1.807, 2.05) is 20.0 Å². The van der Waals surface area contributed by atoms with Gasteiger partial charge >= 0.3 is 0 Å². The number of hydrogen-bond acceptors (Lipinski definition) is 2. The summed E-state index contributed by atoms with van der Waals surface area (Å²) >= 11 is 0. The van der Waals surface area contributed by atoms with Crippen LogP contribution in [0.25, 0.3) is 0 Å². The molecule has 0 spiro atoms. The van der Waals surface area contributed by atoms with Crippen molar-refractivity contribution >= 4 is 5.69 Å². The van der Waals surface area contributed by atoms with Crippen molar-refractivity contribution in [2.75, 3.05) is 12.4 Å². The molecule has 0 fully saturated rings. The van der Waals surface area contributed by atoms with Crippen molar-refractivity contribution in [3.8, 4) is 0 Å². The second-order valence-electron chi connectivity index (χ2n) is 4.86. The van der Waals surface area contributed by atoms with Crippen LogP contribution in [0.1, 0.15) is 30.8 Å². The maximum Gasteiger partial charge on any atom is 0.0725 e. The molecule has 3 heteroatoms. The second kappa shape index (κ2) is 4.24. The lowest BCUT2D eigenvalue weighted by atomic mass is 9.80. The van der Waals surface area contributed by atoms with Crippen LogP contribution in [-0.2, 0) is 5.41 Å². The number of rotatable bonds is 3. The molecule has 0 atom stereocenters. The number of benzene rings is 1. The van der Waals surface area contributed by atoms with E-state index in [1.54, 1.807) is 0 Å². The van der Waals surface area contributed by atoms with Crippen LogP contribution >= 0.6 is 0 Å². The van der Waals surface area contributed by atoms with Gasteiger partial charge in [-0.05, 0) is 24.6 Å². The molecule has 1 heterocycles. The highest BCUT2D eigenvalue weighted by atomic mass is 15.1. The molecular formula is C14H19N3. The van der Waals surface area contributed by atoms with Gasteiger partial charge in [-0.2, -0.15) is 5.10 Å². The van der Waals surface area contributed by atoms with Gasteiger partial charge in [0.1, 0.15) is 0 Å². The molecule has 3 nitrogen and oxygen atoms in total. The molecule has 2 rings (SSSR count). The fourth-order valence-electron chi connectivity index (χ4n) is 2.12. The number of aromatic nitrogens is 2. The standard InChI is InChI=1S/C14H19N3/c1-10-9-13(17-16-10)14(2,3)11-7-5-6-8-12(11)15-4/h5-9,15H,1-4H3,(H,16,17). The van der Waals surface area contributed by atoms with E-state index in [4.69, 9.17) is 0 Å². The van der Waals surface area contributed by atoms with Crippen LogP contribution in [0.5, 0.6) is 0 Å². The molecule has 1 aromatic carbocycles. The Morgan fingerprint density at radius 3 is 2.53 bits per heavy atom. The molecule has 0 radical (unpaired) electrons. The topological polar surface area (TPSA) is 40.7 Å². The lowest BCUT2D eigenvalue weighted by Crippen LogP contribution is -2.21. The molecule has 2 aromatic rings. The zero-order chi connectivity index (χ0) is 12.5. The number of aromatic amines is 1. The predicted molar refractivity (Wildman–Crippen MR) is 71.4 cm³/mol. The van der Waals surface area contributed by atoms with Gasteiger partial charge in [0, 0.05) is 23.8 Å². The number of nitrogens with zero attached hydrogens (tertiary/aromatic N) is 1. The largest absolute Gasteiger partial charge is 0.388 e. The SMILES string of the molecule is CNc1ccccc1C(C)(C)c1cc(C)[nH]n1. The highest BCUT2D eigenvalue weighted by molar-refractivity contribution is 5.56. The van der Waals surface area contributed by atoms with E-state index in [-0.39, 0.29) is 5.41 Å². The Balaban J connectivity index is 2.50. The summed E-state index contributed by atoms with van der Waals surface area (Å²) in [6.07, 6.45) is 0. The van der Waals surface area contributed by atoms with Crippen LogP contribution in [0.3, 0.4) is 0 Å². The van der Waals surface area contributed by atoms with Crippen molar-refractivity contribution in [2.45, 2.75) is 26.2 Å². The monoisotopic (exact) mass is 229 g/mol. The number of hydrogen-bond donors (Lipinski definition) is 2. The summed E-state index contributed by atoms with van der Waals surface area (Å²) in [5.74, 6) is 0. The Labute approximate surface area is 102 Å². The fourth-order valence-corrected chi connectivity index (χ4v) is 2.12. The maximum atomic E-state index is 4.39. The number of H-pyrrole nitrogens is 1. The first-order valence-corrected chi connectivity index (χ1v) is 5.85. The zero-order valence-electron chi connectivity index (χ0n) is 10.8. The highest BCUT2D eigenvalue weighted by Gasteiger charge is 2.27. The summed E-state index contributed by atoms with van der Waals surface area (Å²) in [6, 6.07) is 10.5. The van der Waals surface area contributed by atoms with Crippen molar-refractivity contribution in [2.24, 2.45) is 0 Å². The molecule has 1 aromatic heterocycles. The smallest absolute Gasteiger partial charge is 0.0725 e. The maximum absolute atomic E-state index is 4.39. The number of anilines is 1. The van der Waals surface area contributed by atoms with Crippen molar-refractivity contribution in [3.05, 3.63) is 47.3 Å². The molecular weight excluding hydrogens is 210 g/mol. The Bertz CT molecular complexity index is 512. The Kier molecular flexibility index (Phi) is 2.92. The van der Waals surface area contributed by atoms with Gasteiger partial charge in [0.05, 0.1) is 5.69 Å². The van der Waals surface area contributed by atoms with E-state index < -0.39 is 0 Å². The van der Waals surface area contributed by atoms with Crippen molar-refractivity contribution < 1.29 is 0 Å². The lowest BCUT2D eigenvalue weighted by molar-refractivity contribution is 0.615. The van der Waals surface area contributed by atoms with E-state index >= 15 is 0 Å². The minimum atomic E-state index is -0.107. The summed E-state index contributed by atoms with van der Waals surface area (Å²) in [5.41, 5.74) is 4.46. The van der Waals surface area contributed by atoms with Gasteiger partial charge in [-0.3, -0.25) is 5.10 Å². The van der Waals surface area contributed by atoms with Crippen LogP contribution in [0.15, 0.2) is 30.3 Å². The zero-order valence-corrected chi connectivity index (χ0v) is 10.8. The van der Waals surface area contributed by atoms with Crippen LogP contribution < -0.4 is 5.32 Å². The molecule has 17 heavy (non-hydrogen) atoms. The lowest BCUT2D eigenvalue weighted by Gasteiger charge is -2.25. The molecule has 0 unspecified atom stereocenters. The van der Waals surface area contributed by atoms with Crippen molar-refractivity contribution in [1.82, 2.24) is 10.2 Å². The van der Waals surface area contributed by atoms with E-state index in [0.29, 0.717) is 0 Å². The molecule has 0 saturated carbocycles. The Morgan fingerprint density at radius 1 is 1.24 bits per heavy atom. The molecule has 2 N–H and O–H groups in total. The number of aryl methyl sites for hydroxylation is 1. The van der Waals surface area contributed by atoms with Gasteiger partial charge in [0.15, 0.2) is 0 Å². The normalized spacial score (nSPS) is 11.5. The Hall–Kier alpha value is -1.77. The molecule has 0 aliphatic rings. The summed E-state index contributed by atoms with van der Waals surface area (Å²) in [7, 11) is 1.95. The van der Waals surface area contributed by atoms with Crippen LogP contribution in [0, 0.1) is 6.92 Å². The molecule has 90 valence electrons. The molecule has 0 bridgehead atoms. The van der Waals surface area contributed by atoms with Crippen LogP contribution in [0.4, 0.5) is 5.69 Å². The first-order chi connectivity index (χ1) is 8.05.